The van der Waals surface area contributed by atoms with Crippen LogP contribution < -0.4 is 5.32 Å². The molecule has 0 saturated heterocycles. The normalized spacial score (nSPS) is 11.2. The van der Waals surface area contributed by atoms with Crippen molar-refractivity contribution >= 4 is 11.6 Å². The molecule has 30 heavy (non-hydrogen) atoms. The second kappa shape index (κ2) is 8.51. The number of H-pyrrole nitrogens is 1. The number of nitrogens with one attached hydrogen (secondary N) is 2. The van der Waals surface area contributed by atoms with Gasteiger partial charge in [-0.15, -0.1) is 0 Å². The number of rotatable bonds is 7. The van der Waals surface area contributed by atoms with E-state index in [1.807, 2.05) is 80.0 Å². The summed E-state index contributed by atoms with van der Waals surface area (Å²) in [5.74, 6) is -0.0879. The van der Waals surface area contributed by atoms with Crippen LogP contribution in [0.25, 0.3) is 5.65 Å². The van der Waals surface area contributed by atoms with Gasteiger partial charge >= 0.3 is 0 Å². The topological polar surface area (TPSA) is 78.3 Å². The molecule has 1 aromatic carbocycles. The van der Waals surface area contributed by atoms with E-state index >= 15 is 0 Å². The van der Waals surface area contributed by atoms with Crippen molar-refractivity contribution in [1.29, 1.82) is 0 Å². The van der Waals surface area contributed by atoms with E-state index in [-0.39, 0.29) is 5.91 Å². The molecule has 2 N–H and O–H groups in total. The van der Waals surface area contributed by atoms with E-state index < -0.39 is 0 Å². The average molecular weight is 403 g/mol. The number of aromatic nitrogens is 4. The van der Waals surface area contributed by atoms with Gasteiger partial charge in [0.1, 0.15) is 5.65 Å². The van der Waals surface area contributed by atoms with Gasteiger partial charge in [0.15, 0.2) is 5.69 Å². The van der Waals surface area contributed by atoms with Gasteiger partial charge in [-0.3, -0.25) is 9.89 Å². The van der Waals surface area contributed by atoms with Crippen molar-refractivity contribution in [2.45, 2.75) is 33.5 Å². The molecule has 7 nitrogen and oxygen atoms in total. The van der Waals surface area contributed by atoms with E-state index in [1.54, 1.807) is 4.90 Å². The largest absolute Gasteiger partial charge is 0.336 e. The van der Waals surface area contributed by atoms with Crippen molar-refractivity contribution in [2.24, 2.45) is 0 Å². The number of amides is 1. The summed E-state index contributed by atoms with van der Waals surface area (Å²) in [5.41, 5.74) is 6.37. The number of aromatic amines is 1. The fourth-order valence-electron chi connectivity index (χ4n) is 3.64. The zero-order chi connectivity index (χ0) is 21.1. The van der Waals surface area contributed by atoms with E-state index in [4.69, 9.17) is 0 Å². The lowest BCUT2D eigenvalue weighted by Gasteiger charge is -2.17. The number of aryl methyl sites for hydroxylation is 2. The molecule has 4 rings (SSSR count). The van der Waals surface area contributed by atoms with Crippen molar-refractivity contribution in [1.82, 2.24) is 29.8 Å². The molecule has 0 aliphatic heterocycles. The second-order valence-corrected chi connectivity index (χ2v) is 7.50. The van der Waals surface area contributed by atoms with Crippen LogP contribution in [-0.2, 0) is 19.6 Å². The Morgan fingerprint density at radius 1 is 1.10 bits per heavy atom. The maximum Gasteiger partial charge on any atom is 0.274 e. The van der Waals surface area contributed by atoms with Gasteiger partial charge in [-0.25, -0.2) is 4.98 Å². The molecule has 1 amide bonds. The fraction of sp³-hybridized carbons (Fsp3) is 0.261. The predicted molar refractivity (Wildman–Crippen MR) is 116 cm³/mol. The van der Waals surface area contributed by atoms with E-state index in [1.165, 1.54) is 0 Å². The molecule has 0 unspecified atom stereocenters. The lowest BCUT2D eigenvalue weighted by Crippen LogP contribution is -2.28. The van der Waals surface area contributed by atoms with E-state index in [9.17, 15) is 4.79 Å². The van der Waals surface area contributed by atoms with Crippen molar-refractivity contribution in [3.05, 3.63) is 88.6 Å². The maximum absolute atomic E-state index is 13.2. The van der Waals surface area contributed by atoms with Gasteiger partial charge in [-0.2, -0.15) is 5.10 Å². The smallest absolute Gasteiger partial charge is 0.274 e. The van der Waals surface area contributed by atoms with Gasteiger partial charge in [-0.05, 0) is 31.5 Å². The summed E-state index contributed by atoms with van der Waals surface area (Å²) in [5, 5.41) is 10.7. The summed E-state index contributed by atoms with van der Waals surface area (Å²) >= 11 is 0. The van der Waals surface area contributed by atoms with Crippen LogP contribution in [0.15, 0.2) is 54.7 Å². The Labute approximate surface area is 175 Å². The predicted octanol–water partition coefficient (Wildman–Crippen LogP) is 3.24. The molecule has 0 radical (unpaired) electrons. The molecule has 154 valence electrons. The van der Waals surface area contributed by atoms with Crippen LogP contribution in [0.3, 0.4) is 0 Å². The minimum absolute atomic E-state index is 0.0879. The second-order valence-electron chi connectivity index (χ2n) is 7.50. The number of nitrogens with zero attached hydrogens (tertiary/aromatic N) is 4. The number of imidazole rings is 1. The van der Waals surface area contributed by atoms with Crippen LogP contribution in [0.4, 0.5) is 0 Å². The zero-order valence-electron chi connectivity index (χ0n) is 17.5. The molecule has 0 aliphatic carbocycles. The molecule has 0 bridgehead atoms. The minimum atomic E-state index is -0.0879. The monoisotopic (exact) mass is 402 g/mol. The van der Waals surface area contributed by atoms with Crippen molar-refractivity contribution < 1.29 is 4.79 Å². The first-order chi connectivity index (χ1) is 14.5. The van der Waals surface area contributed by atoms with Gasteiger partial charge in [0, 0.05) is 44.1 Å². The molecule has 3 aromatic heterocycles. The Kier molecular flexibility index (Phi) is 5.63. The summed E-state index contributed by atoms with van der Waals surface area (Å²) in [6.45, 7) is 5.73. The summed E-state index contributed by atoms with van der Waals surface area (Å²) in [7, 11) is 1.81. The lowest BCUT2D eigenvalue weighted by molar-refractivity contribution is 0.0778. The van der Waals surface area contributed by atoms with Crippen LogP contribution in [0, 0.1) is 13.8 Å². The minimum Gasteiger partial charge on any atom is -0.336 e. The Bertz CT molecular complexity index is 1140. The third kappa shape index (κ3) is 3.97. The molecule has 3 heterocycles. The maximum atomic E-state index is 13.2. The highest BCUT2D eigenvalue weighted by Gasteiger charge is 2.22. The first-order valence-corrected chi connectivity index (χ1v) is 10.0. The highest BCUT2D eigenvalue weighted by molar-refractivity contribution is 5.94. The molecule has 0 atom stereocenters. The van der Waals surface area contributed by atoms with E-state index in [0.29, 0.717) is 25.3 Å². The molecular formula is C23H26N6O. The molecule has 0 spiro atoms. The standard InChI is InChI=1S/C23H26N6O/c1-16-19(17(2)27-26-16)13-24-14-20-22(25-21-11-7-8-12-29(20)21)23(30)28(3)15-18-9-5-4-6-10-18/h4-12,24H,13-15H2,1-3H3,(H,26,27). The zero-order valence-corrected chi connectivity index (χ0v) is 17.5. The Morgan fingerprint density at radius 3 is 2.60 bits per heavy atom. The van der Waals surface area contributed by atoms with Gasteiger partial charge in [0.25, 0.3) is 5.91 Å². The molecule has 4 aromatic rings. The Balaban J connectivity index is 1.57. The Morgan fingerprint density at radius 2 is 1.87 bits per heavy atom. The first kappa shape index (κ1) is 19.8. The summed E-state index contributed by atoms with van der Waals surface area (Å²) in [6.07, 6.45) is 1.95. The van der Waals surface area contributed by atoms with Gasteiger partial charge < -0.3 is 14.6 Å². The first-order valence-electron chi connectivity index (χ1n) is 10.0. The number of pyridine rings is 1. The van der Waals surface area contributed by atoms with Gasteiger partial charge in [0.05, 0.1) is 11.4 Å². The summed E-state index contributed by atoms with van der Waals surface area (Å²) in [6, 6.07) is 15.8. The number of carbonyl (C=O) groups is 1. The van der Waals surface area contributed by atoms with Gasteiger partial charge in [0.2, 0.25) is 0 Å². The van der Waals surface area contributed by atoms with Crippen LogP contribution >= 0.6 is 0 Å². The third-order valence-corrected chi connectivity index (χ3v) is 5.32. The van der Waals surface area contributed by atoms with Crippen LogP contribution in [0.2, 0.25) is 0 Å². The quantitative estimate of drug-likeness (QED) is 0.497. The number of fused-ring (bicyclic) bond motifs is 1. The summed E-state index contributed by atoms with van der Waals surface area (Å²) in [4.78, 5) is 19.6. The van der Waals surface area contributed by atoms with Crippen molar-refractivity contribution in [3.63, 3.8) is 0 Å². The molecule has 0 fully saturated rings. The Hall–Kier alpha value is -3.45. The number of carbonyl (C=O) groups excluding carboxylic acids is 1. The number of benzene rings is 1. The summed E-state index contributed by atoms with van der Waals surface area (Å²) < 4.78 is 1.98. The highest BCUT2D eigenvalue weighted by Crippen LogP contribution is 2.17. The molecule has 0 aliphatic rings. The number of hydrogen-bond acceptors (Lipinski definition) is 4. The number of hydrogen-bond donors (Lipinski definition) is 2. The molecule has 0 saturated carbocycles. The van der Waals surface area contributed by atoms with Gasteiger partial charge in [-0.1, -0.05) is 36.4 Å². The van der Waals surface area contributed by atoms with E-state index in [2.05, 4.69) is 20.5 Å². The lowest BCUT2D eigenvalue weighted by atomic mass is 10.2. The van der Waals surface area contributed by atoms with Crippen molar-refractivity contribution in [3.8, 4) is 0 Å². The highest BCUT2D eigenvalue weighted by atomic mass is 16.2. The SMILES string of the molecule is Cc1n[nH]c(C)c1CNCc1c(C(=O)N(C)Cc2ccccc2)nc2ccccn12. The fourth-order valence-corrected chi connectivity index (χ4v) is 3.64. The van der Waals surface area contributed by atoms with E-state index in [0.717, 1.165) is 33.9 Å². The average Bonchev–Trinajstić information content (AvgIpc) is 3.28. The third-order valence-electron chi connectivity index (χ3n) is 5.32. The van der Waals surface area contributed by atoms with Crippen LogP contribution in [0.5, 0.6) is 0 Å². The molecular weight excluding hydrogens is 376 g/mol. The van der Waals surface area contributed by atoms with Crippen LogP contribution in [0.1, 0.15) is 38.7 Å². The van der Waals surface area contributed by atoms with Crippen molar-refractivity contribution in [2.75, 3.05) is 7.05 Å². The van der Waals surface area contributed by atoms with Crippen LogP contribution in [-0.4, -0.2) is 37.4 Å². The molecule has 7 heteroatoms.